The summed E-state index contributed by atoms with van der Waals surface area (Å²) in [6.07, 6.45) is 7.19. The van der Waals surface area contributed by atoms with E-state index in [1.165, 1.54) is 12.7 Å². The zero-order chi connectivity index (χ0) is 29.9. The molecule has 220 valence electrons. The van der Waals surface area contributed by atoms with E-state index in [0.29, 0.717) is 60.3 Å². The molecule has 42 heavy (non-hydrogen) atoms. The highest BCUT2D eigenvalue weighted by Gasteiger charge is 2.41. The van der Waals surface area contributed by atoms with Crippen LogP contribution in [0, 0.1) is 6.92 Å². The Balaban J connectivity index is 1.37. The van der Waals surface area contributed by atoms with Crippen molar-refractivity contribution in [1.29, 1.82) is 0 Å². The number of nitrogens with one attached hydrogen (secondary N) is 1. The van der Waals surface area contributed by atoms with Gasteiger partial charge in [-0.05, 0) is 76.4 Å². The van der Waals surface area contributed by atoms with Crippen LogP contribution in [0.5, 0.6) is 11.5 Å². The highest BCUT2D eigenvalue weighted by molar-refractivity contribution is 6.04. The number of rotatable bonds is 6. The number of aromatic amines is 1. The molecule has 0 saturated carbocycles. The molecule has 1 fully saturated rings. The molecule has 0 spiro atoms. The lowest BCUT2D eigenvalue weighted by molar-refractivity contribution is -0.0651. The molecule has 4 heterocycles. The Hall–Kier alpha value is -4.71. The molecule has 1 aliphatic rings. The molecule has 3 N–H and O–H groups in total. The molecule has 4 aromatic rings. The van der Waals surface area contributed by atoms with Gasteiger partial charge in [-0.2, -0.15) is 5.10 Å². The first-order valence-corrected chi connectivity index (χ1v) is 13.7. The number of H-pyrrole nitrogens is 1. The predicted molar refractivity (Wildman–Crippen MR) is 160 cm³/mol. The van der Waals surface area contributed by atoms with Gasteiger partial charge in [0, 0.05) is 44.2 Å². The van der Waals surface area contributed by atoms with E-state index in [2.05, 4.69) is 20.1 Å². The number of aliphatic imine (C=N–C) groups is 2. The van der Waals surface area contributed by atoms with Gasteiger partial charge in [0.15, 0.2) is 11.5 Å². The van der Waals surface area contributed by atoms with Crippen LogP contribution in [0.25, 0.3) is 5.65 Å². The van der Waals surface area contributed by atoms with E-state index < -0.39 is 11.2 Å². The van der Waals surface area contributed by atoms with Crippen molar-refractivity contribution >= 4 is 29.6 Å². The summed E-state index contributed by atoms with van der Waals surface area (Å²) in [4.78, 5) is 31.1. The lowest BCUT2D eigenvalue weighted by Crippen LogP contribution is -2.47. The molecule has 0 atom stereocenters. The molecule has 1 aliphatic heterocycles. The van der Waals surface area contributed by atoms with Gasteiger partial charge in [0.2, 0.25) is 0 Å². The summed E-state index contributed by atoms with van der Waals surface area (Å²) >= 11 is 0. The fourth-order valence-electron chi connectivity index (χ4n) is 5.04. The standard InChI is InChI=1S/C30H36N8O4/c1-20-16-21(6-7-24(20)41-22-9-13-38-25(17-22)34-19-35-38)36-27(33-18-31)26-23(8-12-32-26)30(40-5)10-14-37(15-11-30)28(39)42-29(2,3)4/h6-9,12-13,16-19,32H,10-11,14-15H2,1-5H3,(H2,31,33,36). The first-order valence-electron chi connectivity index (χ1n) is 13.7. The molecule has 0 bridgehead atoms. The number of hydrogen-bond donors (Lipinski definition) is 2. The Kier molecular flexibility index (Phi) is 7.99. The Morgan fingerprint density at radius 2 is 1.95 bits per heavy atom. The normalized spacial score (nSPS) is 15.8. The number of amidine groups is 1. The summed E-state index contributed by atoms with van der Waals surface area (Å²) < 4.78 is 19.5. The molecule has 1 aromatic carbocycles. The number of amides is 1. The van der Waals surface area contributed by atoms with Crippen LogP contribution in [0.4, 0.5) is 10.5 Å². The number of nitrogens with zero attached hydrogens (tertiary/aromatic N) is 6. The van der Waals surface area contributed by atoms with Gasteiger partial charge in [-0.1, -0.05) is 0 Å². The number of methoxy groups -OCH3 is 1. The quantitative estimate of drug-likeness (QED) is 0.242. The minimum absolute atomic E-state index is 0.321. The number of ether oxygens (including phenoxy) is 3. The zero-order valence-electron chi connectivity index (χ0n) is 24.5. The van der Waals surface area contributed by atoms with E-state index in [4.69, 9.17) is 24.9 Å². The Morgan fingerprint density at radius 3 is 2.64 bits per heavy atom. The van der Waals surface area contributed by atoms with Crippen molar-refractivity contribution in [1.82, 2.24) is 24.5 Å². The fraction of sp³-hybridized carbons (Fsp3) is 0.367. The van der Waals surface area contributed by atoms with Crippen molar-refractivity contribution in [2.45, 2.75) is 51.7 Å². The Morgan fingerprint density at radius 1 is 1.17 bits per heavy atom. The third kappa shape index (κ3) is 6.13. The number of aryl methyl sites for hydroxylation is 1. The predicted octanol–water partition coefficient (Wildman–Crippen LogP) is 5.10. The summed E-state index contributed by atoms with van der Waals surface area (Å²) in [5.41, 5.74) is 8.42. The van der Waals surface area contributed by atoms with Crippen LogP contribution in [0.1, 0.15) is 50.4 Å². The van der Waals surface area contributed by atoms with Crippen molar-refractivity contribution in [3.05, 3.63) is 71.9 Å². The monoisotopic (exact) mass is 572 g/mol. The number of piperidine rings is 1. The van der Waals surface area contributed by atoms with Crippen molar-refractivity contribution in [3.63, 3.8) is 0 Å². The molecule has 0 unspecified atom stereocenters. The number of likely N-dealkylation sites (tertiary alicyclic amines) is 1. The maximum absolute atomic E-state index is 12.6. The van der Waals surface area contributed by atoms with Crippen molar-refractivity contribution in [2.24, 2.45) is 15.7 Å². The van der Waals surface area contributed by atoms with E-state index in [9.17, 15) is 4.79 Å². The number of carbonyl (C=O) groups is 1. The largest absolute Gasteiger partial charge is 0.457 e. The smallest absolute Gasteiger partial charge is 0.410 e. The van der Waals surface area contributed by atoms with Gasteiger partial charge in [0.05, 0.1) is 23.3 Å². The van der Waals surface area contributed by atoms with E-state index >= 15 is 0 Å². The van der Waals surface area contributed by atoms with Crippen LogP contribution in [0.3, 0.4) is 0 Å². The third-order valence-corrected chi connectivity index (χ3v) is 7.15. The first-order chi connectivity index (χ1) is 20.1. The topological polar surface area (TPSA) is 145 Å². The minimum Gasteiger partial charge on any atom is -0.457 e. The summed E-state index contributed by atoms with van der Waals surface area (Å²) in [5, 5.41) is 4.11. The highest BCUT2D eigenvalue weighted by atomic mass is 16.6. The van der Waals surface area contributed by atoms with Gasteiger partial charge in [-0.25, -0.2) is 24.3 Å². The van der Waals surface area contributed by atoms with Crippen LogP contribution in [-0.4, -0.2) is 68.5 Å². The third-order valence-electron chi connectivity index (χ3n) is 7.15. The van der Waals surface area contributed by atoms with Crippen LogP contribution in [-0.2, 0) is 15.1 Å². The molecule has 0 radical (unpaired) electrons. The van der Waals surface area contributed by atoms with E-state index in [1.54, 1.807) is 22.7 Å². The number of pyridine rings is 1. The Labute approximate surface area is 244 Å². The molecule has 3 aromatic heterocycles. The maximum atomic E-state index is 12.6. The number of nitrogens with two attached hydrogens (primary N) is 1. The molecule has 1 saturated heterocycles. The first kappa shape index (κ1) is 28.8. The molecular formula is C30H36N8O4. The maximum Gasteiger partial charge on any atom is 0.410 e. The zero-order valence-corrected chi connectivity index (χ0v) is 24.5. The second kappa shape index (κ2) is 11.6. The van der Waals surface area contributed by atoms with Crippen molar-refractivity contribution in [3.8, 4) is 11.5 Å². The van der Waals surface area contributed by atoms with Crippen LogP contribution in [0.15, 0.2) is 65.1 Å². The molecule has 12 nitrogen and oxygen atoms in total. The molecular weight excluding hydrogens is 536 g/mol. The lowest BCUT2D eigenvalue weighted by atomic mass is 9.84. The second-order valence-electron chi connectivity index (χ2n) is 11.1. The number of hydrogen-bond acceptors (Lipinski definition) is 7. The van der Waals surface area contributed by atoms with Gasteiger partial charge < -0.3 is 29.8 Å². The number of benzene rings is 1. The van der Waals surface area contributed by atoms with Crippen molar-refractivity contribution < 1.29 is 19.0 Å². The summed E-state index contributed by atoms with van der Waals surface area (Å²) in [6, 6.07) is 11.3. The molecule has 0 aliphatic carbocycles. The van der Waals surface area contributed by atoms with E-state index in [1.807, 2.05) is 70.3 Å². The minimum atomic E-state index is -0.641. The van der Waals surface area contributed by atoms with Gasteiger partial charge in [0.25, 0.3) is 0 Å². The number of fused-ring (bicyclic) bond motifs is 1. The number of carbonyl (C=O) groups excluding carboxylic acids is 1. The average molecular weight is 573 g/mol. The van der Waals surface area contributed by atoms with E-state index in [-0.39, 0.29) is 6.09 Å². The van der Waals surface area contributed by atoms with Crippen LogP contribution < -0.4 is 10.5 Å². The van der Waals surface area contributed by atoms with Crippen molar-refractivity contribution in [2.75, 3.05) is 20.2 Å². The van der Waals surface area contributed by atoms with Crippen LogP contribution in [0.2, 0.25) is 0 Å². The highest BCUT2D eigenvalue weighted by Crippen LogP contribution is 2.39. The second-order valence-corrected chi connectivity index (χ2v) is 11.1. The lowest BCUT2D eigenvalue weighted by Gasteiger charge is -2.41. The fourth-order valence-corrected chi connectivity index (χ4v) is 5.04. The molecule has 1 amide bonds. The van der Waals surface area contributed by atoms with Gasteiger partial charge in [-0.15, -0.1) is 0 Å². The van der Waals surface area contributed by atoms with Gasteiger partial charge in [0.1, 0.15) is 23.4 Å². The van der Waals surface area contributed by atoms with Crippen LogP contribution >= 0.6 is 0 Å². The van der Waals surface area contributed by atoms with E-state index in [0.717, 1.165) is 11.1 Å². The molecule has 5 rings (SSSR count). The van der Waals surface area contributed by atoms with Gasteiger partial charge in [-0.3, -0.25) is 0 Å². The summed E-state index contributed by atoms with van der Waals surface area (Å²) in [7, 11) is 1.69. The number of aromatic nitrogens is 4. The van der Waals surface area contributed by atoms with Gasteiger partial charge >= 0.3 is 6.09 Å². The Bertz CT molecular complexity index is 1620. The summed E-state index contributed by atoms with van der Waals surface area (Å²) in [5.74, 6) is 1.76. The average Bonchev–Trinajstić information content (AvgIpc) is 3.63. The molecule has 12 heteroatoms. The SMILES string of the molecule is COC1(c2cc[nH]c2C(N=CN)=Nc2ccc(Oc3ccn4ncnc4c3)c(C)c2)CCN(C(=O)OC(C)(C)C)CC1. The summed E-state index contributed by atoms with van der Waals surface area (Å²) in [6.45, 7) is 8.52.